The number of aryl methyl sites for hydroxylation is 1. The van der Waals surface area contributed by atoms with Crippen LogP contribution in [0.1, 0.15) is 5.56 Å². The van der Waals surface area contributed by atoms with E-state index < -0.39 is 0 Å². The number of nitrogens with zero attached hydrogens (tertiary/aromatic N) is 1. The minimum absolute atomic E-state index is 0.0299. The molecule has 1 N–H and O–H groups in total. The van der Waals surface area contributed by atoms with Gasteiger partial charge in [-0.25, -0.2) is 4.98 Å². The van der Waals surface area contributed by atoms with Crippen molar-refractivity contribution >= 4 is 11.3 Å². The quantitative estimate of drug-likeness (QED) is 0.911. The zero-order chi connectivity index (χ0) is 12.4. The van der Waals surface area contributed by atoms with Gasteiger partial charge in [0, 0.05) is 6.07 Å². The average molecular weight is 251 g/mol. The maximum absolute atomic E-state index is 9.30. The summed E-state index contributed by atoms with van der Waals surface area (Å²) in [4.78, 5) is 4.06. The second-order valence-corrected chi connectivity index (χ2v) is 4.39. The Hall–Kier alpha value is -1.75. The van der Waals surface area contributed by atoms with E-state index in [1.807, 2.05) is 13.0 Å². The van der Waals surface area contributed by atoms with Gasteiger partial charge in [0.25, 0.3) is 0 Å². The standard InChI is InChI=1S/C12H13NO3S/c1-7-4-8(15-2)5-9(16-3)11(7)12-13-10(14)6-17-12/h4-6,14H,1-3H3. The van der Waals surface area contributed by atoms with Crippen molar-refractivity contribution in [3.63, 3.8) is 0 Å². The van der Waals surface area contributed by atoms with Gasteiger partial charge in [-0.3, -0.25) is 0 Å². The van der Waals surface area contributed by atoms with Crippen LogP contribution in [0.2, 0.25) is 0 Å². The third-order valence-corrected chi connectivity index (χ3v) is 3.28. The fourth-order valence-electron chi connectivity index (χ4n) is 1.66. The van der Waals surface area contributed by atoms with Crippen LogP contribution in [0.15, 0.2) is 17.5 Å². The SMILES string of the molecule is COc1cc(C)c(-c2nc(O)cs2)c(OC)c1. The van der Waals surface area contributed by atoms with Crippen molar-refractivity contribution in [2.75, 3.05) is 14.2 Å². The summed E-state index contributed by atoms with van der Waals surface area (Å²) in [6, 6.07) is 3.72. The molecular weight excluding hydrogens is 238 g/mol. The van der Waals surface area contributed by atoms with Crippen molar-refractivity contribution in [2.24, 2.45) is 0 Å². The molecule has 1 aromatic heterocycles. The highest BCUT2D eigenvalue weighted by atomic mass is 32.1. The molecular formula is C12H13NO3S. The van der Waals surface area contributed by atoms with Crippen molar-refractivity contribution in [2.45, 2.75) is 6.92 Å². The van der Waals surface area contributed by atoms with Crippen LogP contribution in [-0.2, 0) is 0 Å². The highest BCUT2D eigenvalue weighted by Crippen LogP contribution is 2.38. The summed E-state index contributed by atoms with van der Waals surface area (Å²) in [5, 5.41) is 11.6. The number of aromatic hydroxyl groups is 1. The second-order valence-electron chi connectivity index (χ2n) is 3.53. The normalized spacial score (nSPS) is 10.3. The topological polar surface area (TPSA) is 51.6 Å². The Bertz CT molecular complexity index is 537. The molecule has 0 atom stereocenters. The third-order valence-electron chi connectivity index (χ3n) is 2.43. The average Bonchev–Trinajstić information content (AvgIpc) is 2.74. The number of ether oxygens (including phenoxy) is 2. The Morgan fingerprint density at radius 2 is 2.00 bits per heavy atom. The van der Waals surface area contributed by atoms with E-state index in [0.29, 0.717) is 5.75 Å². The lowest BCUT2D eigenvalue weighted by Crippen LogP contribution is -1.93. The van der Waals surface area contributed by atoms with Crippen molar-refractivity contribution in [3.8, 4) is 28.0 Å². The van der Waals surface area contributed by atoms with Gasteiger partial charge in [0.15, 0.2) is 0 Å². The van der Waals surface area contributed by atoms with Crippen LogP contribution in [0.3, 0.4) is 0 Å². The predicted molar refractivity (Wildman–Crippen MR) is 67.1 cm³/mol. The molecule has 0 saturated heterocycles. The van der Waals surface area contributed by atoms with Crippen LogP contribution in [0.4, 0.5) is 0 Å². The van der Waals surface area contributed by atoms with Gasteiger partial charge < -0.3 is 14.6 Å². The number of rotatable bonds is 3. The number of hydrogen-bond acceptors (Lipinski definition) is 5. The Morgan fingerprint density at radius 1 is 1.24 bits per heavy atom. The monoisotopic (exact) mass is 251 g/mol. The van der Waals surface area contributed by atoms with Gasteiger partial charge in [-0.05, 0) is 18.6 Å². The Labute approximate surface area is 103 Å². The zero-order valence-electron chi connectivity index (χ0n) is 9.85. The fourth-order valence-corrected chi connectivity index (χ4v) is 2.45. The van der Waals surface area contributed by atoms with E-state index >= 15 is 0 Å². The molecule has 1 heterocycles. The second kappa shape index (κ2) is 4.63. The molecule has 0 saturated carbocycles. The van der Waals surface area contributed by atoms with Gasteiger partial charge in [0.2, 0.25) is 5.88 Å². The number of hydrogen-bond donors (Lipinski definition) is 1. The van der Waals surface area contributed by atoms with E-state index in [1.165, 1.54) is 11.3 Å². The highest BCUT2D eigenvalue weighted by molar-refractivity contribution is 7.13. The summed E-state index contributed by atoms with van der Waals surface area (Å²) in [5.41, 5.74) is 1.88. The lowest BCUT2D eigenvalue weighted by molar-refractivity contribution is 0.395. The van der Waals surface area contributed by atoms with Gasteiger partial charge in [0.1, 0.15) is 16.5 Å². The molecule has 1 aromatic carbocycles. The fraction of sp³-hybridized carbons (Fsp3) is 0.250. The maximum Gasteiger partial charge on any atom is 0.222 e. The molecule has 2 rings (SSSR count). The lowest BCUT2D eigenvalue weighted by atomic mass is 10.1. The van der Waals surface area contributed by atoms with Gasteiger partial charge in [-0.1, -0.05) is 0 Å². The lowest BCUT2D eigenvalue weighted by Gasteiger charge is -2.11. The molecule has 0 aliphatic carbocycles. The summed E-state index contributed by atoms with van der Waals surface area (Å²) in [7, 11) is 3.22. The van der Waals surface area contributed by atoms with Crippen LogP contribution < -0.4 is 9.47 Å². The van der Waals surface area contributed by atoms with Gasteiger partial charge in [-0.2, -0.15) is 0 Å². The summed E-state index contributed by atoms with van der Waals surface area (Å²) < 4.78 is 10.5. The molecule has 0 bridgehead atoms. The maximum atomic E-state index is 9.30. The van der Waals surface area contributed by atoms with E-state index in [2.05, 4.69) is 4.98 Å². The molecule has 17 heavy (non-hydrogen) atoms. The molecule has 5 heteroatoms. The van der Waals surface area contributed by atoms with Crippen molar-refractivity contribution in [1.82, 2.24) is 4.98 Å². The van der Waals surface area contributed by atoms with Crippen LogP contribution in [-0.4, -0.2) is 24.3 Å². The molecule has 0 aliphatic rings. The number of benzene rings is 1. The molecule has 0 unspecified atom stereocenters. The molecule has 0 spiro atoms. The number of thiazole rings is 1. The number of methoxy groups -OCH3 is 2. The molecule has 4 nitrogen and oxygen atoms in total. The van der Waals surface area contributed by atoms with Crippen molar-refractivity contribution in [1.29, 1.82) is 0 Å². The Kier molecular flexibility index (Phi) is 3.19. The largest absolute Gasteiger partial charge is 0.497 e. The van der Waals surface area contributed by atoms with E-state index in [9.17, 15) is 5.11 Å². The first-order chi connectivity index (χ1) is 8.15. The first kappa shape index (κ1) is 11.7. The first-order valence-corrected chi connectivity index (χ1v) is 5.91. The van der Waals surface area contributed by atoms with E-state index in [0.717, 1.165) is 21.9 Å². The van der Waals surface area contributed by atoms with Crippen molar-refractivity contribution in [3.05, 3.63) is 23.1 Å². The first-order valence-electron chi connectivity index (χ1n) is 5.03. The number of aromatic nitrogens is 1. The molecule has 2 aromatic rings. The van der Waals surface area contributed by atoms with Crippen LogP contribution >= 0.6 is 11.3 Å². The Morgan fingerprint density at radius 3 is 2.53 bits per heavy atom. The summed E-state index contributed by atoms with van der Waals surface area (Å²) in [6.07, 6.45) is 0. The van der Waals surface area contributed by atoms with E-state index in [4.69, 9.17) is 9.47 Å². The minimum atomic E-state index is 0.0299. The zero-order valence-corrected chi connectivity index (χ0v) is 10.7. The predicted octanol–water partition coefficient (Wildman–Crippen LogP) is 2.84. The van der Waals surface area contributed by atoms with Gasteiger partial charge >= 0.3 is 0 Å². The third kappa shape index (κ3) is 2.19. The molecule has 0 radical (unpaired) electrons. The molecule has 0 aliphatic heterocycles. The molecule has 0 amide bonds. The molecule has 0 fully saturated rings. The summed E-state index contributed by atoms with van der Waals surface area (Å²) in [6.45, 7) is 1.96. The van der Waals surface area contributed by atoms with E-state index in [1.54, 1.807) is 25.7 Å². The Balaban J connectivity index is 2.60. The van der Waals surface area contributed by atoms with Crippen molar-refractivity contribution < 1.29 is 14.6 Å². The molecule has 90 valence electrons. The van der Waals surface area contributed by atoms with Crippen LogP contribution in [0, 0.1) is 6.92 Å². The summed E-state index contributed by atoms with van der Waals surface area (Å²) >= 11 is 1.38. The smallest absolute Gasteiger partial charge is 0.222 e. The van der Waals surface area contributed by atoms with E-state index in [-0.39, 0.29) is 5.88 Å². The summed E-state index contributed by atoms with van der Waals surface area (Å²) in [5.74, 6) is 1.46. The van der Waals surface area contributed by atoms with Crippen LogP contribution in [0.5, 0.6) is 17.4 Å². The minimum Gasteiger partial charge on any atom is -0.497 e. The van der Waals surface area contributed by atoms with Gasteiger partial charge in [0.05, 0.1) is 25.2 Å². The van der Waals surface area contributed by atoms with Crippen LogP contribution in [0.25, 0.3) is 10.6 Å². The highest BCUT2D eigenvalue weighted by Gasteiger charge is 2.14. The van der Waals surface area contributed by atoms with Gasteiger partial charge in [-0.15, -0.1) is 11.3 Å².